The van der Waals surface area contributed by atoms with E-state index in [1.165, 1.54) is 7.11 Å². The number of H-pyrrole nitrogens is 2. The molecule has 2 aromatic heterocycles. The van der Waals surface area contributed by atoms with E-state index in [0.717, 1.165) is 5.39 Å². The van der Waals surface area contributed by atoms with Crippen LogP contribution in [0.1, 0.15) is 10.4 Å². The summed E-state index contributed by atoms with van der Waals surface area (Å²) >= 11 is 0. The lowest BCUT2D eigenvalue weighted by Gasteiger charge is -1.99. The van der Waals surface area contributed by atoms with Crippen LogP contribution in [0.25, 0.3) is 22.2 Å². The molecule has 0 saturated heterocycles. The van der Waals surface area contributed by atoms with Gasteiger partial charge in [-0.3, -0.25) is 5.73 Å². The molecule has 3 aromatic rings. The van der Waals surface area contributed by atoms with Gasteiger partial charge in [0.2, 0.25) is 5.88 Å². The van der Waals surface area contributed by atoms with Crippen LogP contribution in [0.15, 0.2) is 30.5 Å². The maximum Gasteiger partial charge on any atom is 0.387 e. The Labute approximate surface area is 119 Å². The summed E-state index contributed by atoms with van der Waals surface area (Å²) in [5.74, 6) is -0.234. The molecule has 0 bridgehead atoms. The first-order valence-electron chi connectivity index (χ1n) is 6.17. The van der Waals surface area contributed by atoms with Gasteiger partial charge >= 0.3 is 11.9 Å². The normalized spacial score (nSPS) is 10.7. The predicted molar refractivity (Wildman–Crippen MR) is 75.5 cm³/mol. The van der Waals surface area contributed by atoms with Crippen LogP contribution in [-0.4, -0.2) is 28.2 Å². The molecule has 7 heteroatoms. The summed E-state index contributed by atoms with van der Waals surface area (Å²) in [6, 6.07) is 6.67. The van der Waals surface area contributed by atoms with Gasteiger partial charge in [-0.25, -0.2) is 9.78 Å². The Balaban J connectivity index is 2.20. The van der Waals surface area contributed by atoms with E-state index in [1.54, 1.807) is 30.5 Å². The lowest BCUT2D eigenvalue weighted by Crippen LogP contribution is -2.11. The van der Waals surface area contributed by atoms with Gasteiger partial charge < -0.3 is 14.8 Å². The van der Waals surface area contributed by atoms with Crippen LogP contribution in [0.4, 0.5) is 5.95 Å². The number of carbonyl (C=O) groups excluding carboxylic acids is 1. The van der Waals surface area contributed by atoms with E-state index < -0.39 is 5.97 Å². The number of aromatic nitrogens is 3. The SMILES string of the molecule is COC(=O)c1ccc2c(-c3cc[nH+]c(N)n3)c(O)[nH]c2c1. The maximum atomic E-state index is 11.5. The molecule has 7 nitrogen and oxygen atoms in total. The molecule has 0 unspecified atom stereocenters. The standard InChI is InChI=1S/C14H12N4O3/c1-21-13(20)7-2-3-8-10(6-7)17-12(19)11(8)9-4-5-16-14(15)18-9/h2-6,17,19H,1H3,(H2,15,16,18)/p+1. The number of aromatic hydroxyl groups is 1. The molecule has 3 rings (SSSR count). The van der Waals surface area contributed by atoms with Gasteiger partial charge in [-0.1, -0.05) is 11.1 Å². The van der Waals surface area contributed by atoms with Crippen LogP contribution in [0.5, 0.6) is 5.88 Å². The summed E-state index contributed by atoms with van der Waals surface area (Å²) in [4.78, 5) is 21.3. The summed E-state index contributed by atoms with van der Waals surface area (Å²) in [6.07, 6.45) is 1.64. The molecule has 0 atom stereocenters. The molecule has 0 spiro atoms. The number of carbonyl (C=O) groups is 1. The Morgan fingerprint density at radius 2 is 2.24 bits per heavy atom. The van der Waals surface area contributed by atoms with Gasteiger partial charge in [0.15, 0.2) is 5.69 Å². The van der Waals surface area contributed by atoms with Crippen molar-refractivity contribution < 1.29 is 19.6 Å². The number of rotatable bonds is 2. The van der Waals surface area contributed by atoms with Crippen LogP contribution in [0.3, 0.4) is 0 Å². The number of aromatic amines is 2. The first-order valence-corrected chi connectivity index (χ1v) is 6.17. The minimum absolute atomic E-state index is 0.0369. The summed E-state index contributed by atoms with van der Waals surface area (Å²) in [5.41, 5.74) is 7.68. The molecule has 0 amide bonds. The molecule has 21 heavy (non-hydrogen) atoms. The van der Waals surface area contributed by atoms with Gasteiger partial charge in [0.05, 0.1) is 24.4 Å². The maximum absolute atomic E-state index is 11.5. The second-order valence-corrected chi connectivity index (χ2v) is 4.46. The van der Waals surface area contributed by atoms with Crippen molar-refractivity contribution >= 4 is 22.8 Å². The molecule has 5 N–H and O–H groups in total. The third-order valence-corrected chi connectivity index (χ3v) is 3.17. The molecule has 2 heterocycles. The number of ether oxygens (including phenoxy) is 1. The molecule has 106 valence electrons. The Hall–Kier alpha value is -3.09. The molecule has 0 aliphatic rings. The quantitative estimate of drug-likeness (QED) is 0.610. The fourth-order valence-electron chi connectivity index (χ4n) is 2.23. The van der Waals surface area contributed by atoms with Crippen LogP contribution in [-0.2, 0) is 4.74 Å². The van der Waals surface area contributed by atoms with Crippen molar-refractivity contribution in [2.45, 2.75) is 0 Å². The van der Waals surface area contributed by atoms with Gasteiger partial charge in [-0.15, -0.1) is 0 Å². The molecule has 0 saturated carbocycles. The molecule has 0 aliphatic carbocycles. The zero-order valence-electron chi connectivity index (χ0n) is 11.2. The van der Waals surface area contributed by atoms with E-state index in [1.807, 2.05) is 0 Å². The highest BCUT2D eigenvalue weighted by Gasteiger charge is 2.18. The fraction of sp³-hybridized carbons (Fsp3) is 0.0714. The van der Waals surface area contributed by atoms with Gasteiger partial charge in [0, 0.05) is 17.0 Å². The molecular weight excluding hydrogens is 272 g/mol. The van der Waals surface area contributed by atoms with Crippen molar-refractivity contribution in [2.75, 3.05) is 12.8 Å². The largest absolute Gasteiger partial charge is 0.494 e. The topological polar surface area (TPSA) is 115 Å². The van der Waals surface area contributed by atoms with Crippen molar-refractivity contribution in [3.05, 3.63) is 36.0 Å². The number of anilines is 1. The monoisotopic (exact) mass is 285 g/mol. The third-order valence-electron chi connectivity index (χ3n) is 3.17. The van der Waals surface area contributed by atoms with Crippen LogP contribution >= 0.6 is 0 Å². The summed E-state index contributed by atoms with van der Waals surface area (Å²) in [5, 5.41) is 10.8. The van der Waals surface area contributed by atoms with E-state index in [0.29, 0.717) is 22.3 Å². The van der Waals surface area contributed by atoms with E-state index in [9.17, 15) is 9.90 Å². The number of nitrogens with one attached hydrogen (secondary N) is 2. The van der Waals surface area contributed by atoms with Gasteiger partial charge in [-0.05, 0) is 12.1 Å². The first kappa shape index (κ1) is 12.9. The highest BCUT2D eigenvalue weighted by atomic mass is 16.5. The number of nitrogen functional groups attached to an aromatic ring is 1. The van der Waals surface area contributed by atoms with Crippen molar-refractivity contribution in [2.24, 2.45) is 0 Å². The molecule has 0 aliphatic heterocycles. The fourth-order valence-corrected chi connectivity index (χ4v) is 2.23. The van der Waals surface area contributed by atoms with Gasteiger partial charge in [0.25, 0.3) is 0 Å². The lowest BCUT2D eigenvalue weighted by molar-refractivity contribution is -0.364. The number of nitrogens with zero attached hydrogens (tertiary/aromatic N) is 1. The summed E-state index contributed by atoms with van der Waals surface area (Å²) < 4.78 is 4.67. The average Bonchev–Trinajstić information content (AvgIpc) is 2.81. The lowest BCUT2D eigenvalue weighted by atomic mass is 10.1. The third kappa shape index (κ3) is 2.14. The second-order valence-electron chi connectivity index (χ2n) is 4.46. The van der Waals surface area contributed by atoms with E-state index in [-0.39, 0.29) is 11.8 Å². The van der Waals surface area contributed by atoms with Crippen LogP contribution < -0.4 is 10.7 Å². The zero-order chi connectivity index (χ0) is 15.0. The molecule has 1 aromatic carbocycles. The second kappa shape index (κ2) is 4.78. The zero-order valence-corrected chi connectivity index (χ0v) is 11.2. The van der Waals surface area contributed by atoms with Gasteiger partial charge in [0.1, 0.15) is 0 Å². The van der Waals surface area contributed by atoms with Crippen molar-refractivity contribution in [3.8, 4) is 17.1 Å². The Morgan fingerprint density at radius 3 is 2.95 bits per heavy atom. The number of hydrogen-bond acceptors (Lipinski definition) is 5. The van der Waals surface area contributed by atoms with Crippen molar-refractivity contribution in [3.63, 3.8) is 0 Å². The van der Waals surface area contributed by atoms with E-state index in [4.69, 9.17) is 5.73 Å². The summed E-state index contributed by atoms with van der Waals surface area (Å²) in [7, 11) is 1.32. The number of nitrogens with two attached hydrogens (primary N) is 1. The molecule has 0 fully saturated rings. The van der Waals surface area contributed by atoms with Crippen molar-refractivity contribution in [1.82, 2.24) is 9.97 Å². The van der Waals surface area contributed by atoms with Gasteiger partial charge in [-0.2, -0.15) is 0 Å². The first-order chi connectivity index (χ1) is 10.1. The Kier molecular flexibility index (Phi) is 2.94. The smallest absolute Gasteiger partial charge is 0.387 e. The number of benzene rings is 1. The van der Waals surface area contributed by atoms with Crippen molar-refractivity contribution in [1.29, 1.82) is 0 Å². The number of methoxy groups -OCH3 is 1. The van der Waals surface area contributed by atoms with E-state index in [2.05, 4.69) is 19.7 Å². The number of fused-ring (bicyclic) bond motifs is 1. The molecular formula is C14H13N4O3+. The number of hydrogen-bond donors (Lipinski definition) is 3. The molecule has 0 radical (unpaired) electrons. The predicted octanol–water partition coefficient (Wildman–Crippen LogP) is 1.12. The highest BCUT2D eigenvalue weighted by molar-refractivity contribution is 6.01. The van der Waals surface area contributed by atoms with Crippen LogP contribution in [0.2, 0.25) is 0 Å². The van der Waals surface area contributed by atoms with E-state index >= 15 is 0 Å². The minimum atomic E-state index is -0.441. The minimum Gasteiger partial charge on any atom is -0.494 e. The average molecular weight is 285 g/mol. The highest BCUT2D eigenvalue weighted by Crippen LogP contribution is 2.35. The number of esters is 1. The Morgan fingerprint density at radius 1 is 1.43 bits per heavy atom. The van der Waals surface area contributed by atoms with Crippen LogP contribution in [0, 0.1) is 0 Å². The summed E-state index contributed by atoms with van der Waals surface area (Å²) in [6.45, 7) is 0. The Bertz CT molecular complexity index is 841.